The number of benzene rings is 2. The Morgan fingerprint density at radius 1 is 1.09 bits per heavy atom. The van der Waals surface area contributed by atoms with Gasteiger partial charge in [0.1, 0.15) is 17.3 Å². The number of aliphatic hydroxyl groups excluding tert-OH is 1. The number of hydrogen-bond donors (Lipinski definition) is 1. The van der Waals surface area contributed by atoms with Gasteiger partial charge in [-0.25, -0.2) is 0 Å². The largest absolute Gasteiger partial charge is 0.507 e. The molecule has 0 aliphatic carbocycles. The van der Waals surface area contributed by atoms with Gasteiger partial charge in [0.05, 0.1) is 31.4 Å². The Morgan fingerprint density at radius 2 is 1.79 bits per heavy atom. The molecule has 2 aromatic carbocycles. The number of methoxy groups -OCH3 is 1. The molecular formula is C27H33NO6. The monoisotopic (exact) mass is 467 g/mol. The number of rotatable bonds is 10. The molecule has 34 heavy (non-hydrogen) atoms. The summed E-state index contributed by atoms with van der Waals surface area (Å²) in [6.07, 6.45) is 0. The number of ketones is 1. The van der Waals surface area contributed by atoms with Crippen molar-refractivity contribution in [3.05, 3.63) is 64.7 Å². The van der Waals surface area contributed by atoms with Gasteiger partial charge in [0, 0.05) is 19.2 Å². The molecule has 1 N–H and O–H groups in total. The van der Waals surface area contributed by atoms with Crippen LogP contribution in [-0.2, 0) is 14.3 Å². The van der Waals surface area contributed by atoms with E-state index in [0.29, 0.717) is 41.8 Å². The summed E-state index contributed by atoms with van der Waals surface area (Å²) in [7, 11) is 1.54. The van der Waals surface area contributed by atoms with E-state index in [-0.39, 0.29) is 24.5 Å². The van der Waals surface area contributed by atoms with E-state index >= 15 is 0 Å². The molecule has 2 aromatic rings. The highest BCUT2D eigenvalue weighted by molar-refractivity contribution is 6.46. The Balaban J connectivity index is 2.05. The molecule has 7 nitrogen and oxygen atoms in total. The summed E-state index contributed by atoms with van der Waals surface area (Å²) >= 11 is 0. The maximum atomic E-state index is 13.1. The van der Waals surface area contributed by atoms with Crippen LogP contribution in [0.1, 0.15) is 43.5 Å². The van der Waals surface area contributed by atoms with Crippen molar-refractivity contribution < 1.29 is 28.9 Å². The average Bonchev–Trinajstić information content (AvgIpc) is 3.06. The smallest absolute Gasteiger partial charge is 0.295 e. The number of carbonyl (C=O) groups is 2. The van der Waals surface area contributed by atoms with Crippen molar-refractivity contribution in [2.45, 2.75) is 33.7 Å². The normalized spacial score (nSPS) is 17.5. The SMILES string of the molecule is CCOc1ccc(C2/C(=C(\O)c3ccc(OCC(C)C)c(C)c3)C(=O)C(=O)N2CCOC)cc1. The van der Waals surface area contributed by atoms with E-state index in [1.165, 1.54) is 12.0 Å². The Hall–Kier alpha value is -3.32. The lowest BCUT2D eigenvalue weighted by molar-refractivity contribution is -0.140. The van der Waals surface area contributed by atoms with E-state index in [0.717, 1.165) is 5.56 Å². The van der Waals surface area contributed by atoms with Gasteiger partial charge in [-0.2, -0.15) is 0 Å². The third-order valence-corrected chi connectivity index (χ3v) is 5.60. The number of carbonyl (C=O) groups excluding carboxylic acids is 2. The fraction of sp³-hybridized carbons (Fsp3) is 0.407. The molecule has 3 rings (SSSR count). The number of Topliss-reactive ketones (excluding diaryl/α,β-unsaturated/α-hetero) is 1. The first-order chi connectivity index (χ1) is 16.3. The third kappa shape index (κ3) is 5.42. The predicted octanol–water partition coefficient (Wildman–Crippen LogP) is 4.50. The summed E-state index contributed by atoms with van der Waals surface area (Å²) in [6.45, 7) is 9.51. The zero-order valence-electron chi connectivity index (χ0n) is 20.5. The predicted molar refractivity (Wildman–Crippen MR) is 130 cm³/mol. The summed E-state index contributed by atoms with van der Waals surface area (Å²) in [5, 5.41) is 11.2. The van der Waals surface area contributed by atoms with Crippen molar-refractivity contribution in [1.82, 2.24) is 4.90 Å². The van der Waals surface area contributed by atoms with Crippen molar-refractivity contribution in [2.24, 2.45) is 5.92 Å². The minimum Gasteiger partial charge on any atom is -0.507 e. The fourth-order valence-corrected chi connectivity index (χ4v) is 3.93. The highest BCUT2D eigenvalue weighted by atomic mass is 16.5. The summed E-state index contributed by atoms with van der Waals surface area (Å²) in [5.74, 6) is 0.193. The van der Waals surface area contributed by atoms with Gasteiger partial charge in [-0.05, 0) is 61.2 Å². The zero-order valence-corrected chi connectivity index (χ0v) is 20.5. The number of amides is 1. The number of hydrogen-bond acceptors (Lipinski definition) is 6. The standard InChI is InChI=1S/C27H33NO6/c1-6-33-21-10-7-19(8-11-21)24-23(26(30)27(31)28(24)13-14-32-5)25(29)20-9-12-22(18(4)15-20)34-16-17(2)3/h7-12,15,17,24,29H,6,13-14,16H2,1-5H3/b25-23+. The third-order valence-electron chi connectivity index (χ3n) is 5.60. The van der Waals surface area contributed by atoms with Crippen LogP contribution >= 0.6 is 0 Å². The lowest BCUT2D eigenvalue weighted by Gasteiger charge is -2.25. The molecule has 1 atom stereocenters. The van der Waals surface area contributed by atoms with Crippen molar-refractivity contribution in [2.75, 3.05) is 33.5 Å². The number of ether oxygens (including phenoxy) is 3. The van der Waals surface area contributed by atoms with Crippen LogP contribution in [0.2, 0.25) is 0 Å². The number of likely N-dealkylation sites (tertiary alicyclic amines) is 1. The lowest BCUT2D eigenvalue weighted by atomic mass is 9.94. The minimum absolute atomic E-state index is 0.0560. The van der Waals surface area contributed by atoms with Gasteiger partial charge in [0.15, 0.2) is 0 Å². The molecule has 1 saturated heterocycles. The van der Waals surface area contributed by atoms with Crippen molar-refractivity contribution in [3.63, 3.8) is 0 Å². The van der Waals surface area contributed by atoms with Gasteiger partial charge in [-0.15, -0.1) is 0 Å². The van der Waals surface area contributed by atoms with Crippen LogP contribution in [0.25, 0.3) is 5.76 Å². The molecule has 0 radical (unpaired) electrons. The molecule has 1 aliphatic rings. The van der Waals surface area contributed by atoms with E-state index < -0.39 is 17.7 Å². The van der Waals surface area contributed by atoms with Gasteiger partial charge < -0.3 is 24.2 Å². The molecular weight excluding hydrogens is 434 g/mol. The second-order valence-corrected chi connectivity index (χ2v) is 8.67. The Morgan fingerprint density at radius 3 is 2.38 bits per heavy atom. The molecule has 1 unspecified atom stereocenters. The van der Waals surface area contributed by atoms with Crippen LogP contribution in [0.15, 0.2) is 48.0 Å². The average molecular weight is 468 g/mol. The summed E-state index contributed by atoms with van der Waals surface area (Å²) in [6, 6.07) is 11.7. The first-order valence-corrected chi connectivity index (χ1v) is 11.5. The van der Waals surface area contributed by atoms with E-state index in [9.17, 15) is 14.7 Å². The molecule has 0 bridgehead atoms. The highest BCUT2D eigenvalue weighted by Gasteiger charge is 2.45. The van der Waals surface area contributed by atoms with Crippen LogP contribution in [0, 0.1) is 12.8 Å². The zero-order chi connectivity index (χ0) is 24.8. The lowest BCUT2D eigenvalue weighted by Crippen LogP contribution is -2.32. The number of aryl methyl sites for hydroxylation is 1. The minimum atomic E-state index is -0.733. The van der Waals surface area contributed by atoms with Crippen LogP contribution < -0.4 is 9.47 Å². The molecule has 1 amide bonds. The fourth-order valence-electron chi connectivity index (χ4n) is 3.93. The highest BCUT2D eigenvalue weighted by Crippen LogP contribution is 2.40. The quantitative estimate of drug-likeness (QED) is 0.315. The number of nitrogens with zero attached hydrogens (tertiary/aromatic N) is 1. The molecule has 0 aromatic heterocycles. The topological polar surface area (TPSA) is 85.3 Å². The summed E-state index contributed by atoms with van der Waals surface area (Å²) < 4.78 is 16.5. The Kier molecular flexibility index (Phi) is 8.34. The molecule has 1 aliphatic heterocycles. The van der Waals surface area contributed by atoms with Gasteiger partial charge >= 0.3 is 0 Å². The van der Waals surface area contributed by atoms with E-state index in [2.05, 4.69) is 13.8 Å². The molecule has 1 fully saturated rings. The number of aliphatic hydroxyl groups is 1. The van der Waals surface area contributed by atoms with Crippen LogP contribution in [0.3, 0.4) is 0 Å². The van der Waals surface area contributed by atoms with Crippen molar-refractivity contribution in [1.29, 1.82) is 0 Å². The van der Waals surface area contributed by atoms with Gasteiger partial charge in [-0.1, -0.05) is 26.0 Å². The Bertz CT molecular complexity index is 1060. The van der Waals surface area contributed by atoms with Gasteiger partial charge in [0.2, 0.25) is 0 Å². The molecule has 7 heteroatoms. The molecule has 182 valence electrons. The van der Waals surface area contributed by atoms with Crippen molar-refractivity contribution >= 4 is 17.4 Å². The van der Waals surface area contributed by atoms with E-state index in [1.54, 1.807) is 30.3 Å². The van der Waals surface area contributed by atoms with Crippen LogP contribution in [0.5, 0.6) is 11.5 Å². The second kappa shape index (κ2) is 11.2. The van der Waals surface area contributed by atoms with E-state index in [4.69, 9.17) is 14.2 Å². The van der Waals surface area contributed by atoms with E-state index in [1.807, 2.05) is 26.0 Å². The van der Waals surface area contributed by atoms with Crippen molar-refractivity contribution in [3.8, 4) is 11.5 Å². The first-order valence-electron chi connectivity index (χ1n) is 11.5. The first kappa shape index (κ1) is 25.3. The molecule has 0 spiro atoms. The summed E-state index contributed by atoms with van der Waals surface area (Å²) in [4.78, 5) is 27.4. The maximum absolute atomic E-state index is 13.1. The van der Waals surface area contributed by atoms with Crippen LogP contribution in [0.4, 0.5) is 0 Å². The molecule has 0 saturated carbocycles. The molecule has 1 heterocycles. The van der Waals surface area contributed by atoms with Gasteiger partial charge in [0.25, 0.3) is 11.7 Å². The second-order valence-electron chi connectivity index (χ2n) is 8.67. The van der Waals surface area contributed by atoms with Gasteiger partial charge in [-0.3, -0.25) is 9.59 Å². The summed E-state index contributed by atoms with van der Waals surface area (Å²) in [5.41, 5.74) is 2.04. The Labute approximate surface area is 200 Å². The maximum Gasteiger partial charge on any atom is 0.295 e. The van der Waals surface area contributed by atoms with Crippen LogP contribution in [-0.4, -0.2) is 55.2 Å².